The van der Waals surface area contributed by atoms with Crippen molar-refractivity contribution in [2.75, 3.05) is 11.9 Å². The molecule has 0 saturated heterocycles. The number of hydrogen-bond donors (Lipinski definition) is 1. The van der Waals surface area contributed by atoms with Gasteiger partial charge in [-0.1, -0.05) is 27.5 Å². The summed E-state index contributed by atoms with van der Waals surface area (Å²) in [6, 6.07) is 0.967. The molecule has 0 spiro atoms. The highest BCUT2D eigenvalue weighted by Crippen LogP contribution is 2.49. The zero-order valence-corrected chi connectivity index (χ0v) is 17.6. The highest BCUT2D eigenvalue weighted by atomic mass is 79.9. The van der Waals surface area contributed by atoms with Gasteiger partial charge in [-0.15, -0.1) is 0 Å². The number of carbonyl (C=O) groups excluding carboxylic acids is 1. The van der Waals surface area contributed by atoms with Crippen LogP contribution in [0.3, 0.4) is 0 Å². The number of aryl methyl sites for hydroxylation is 1. The number of benzene rings is 1. The lowest BCUT2D eigenvalue weighted by atomic mass is 10.0. The first-order valence-corrected chi connectivity index (χ1v) is 9.31. The van der Waals surface area contributed by atoms with Crippen molar-refractivity contribution in [2.45, 2.75) is 24.3 Å². The number of ether oxygens (including phenoxy) is 1. The molecule has 1 aromatic carbocycles. The molecule has 156 valence electrons. The summed E-state index contributed by atoms with van der Waals surface area (Å²) < 4.78 is 59.7. The number of aliphatic imine (C=N–C) groups is 1. The van der Waals surface area contributed by atoms with Crippen molar-refractivity contribution in [2.24, 2.45) is 12.0 Å². The maximum Gasteiger partial charge on any atom is 0.434 e. The predicted octanol–water partition coefficient (Wildman–Crippen LogP) is 5.11. The number of alkyl halides is 4. The predicted molar refractivity (Wildman–Crippen MR) is 104 cm³/mol. The van der Waals surface area contributed by atoms with Crippen molar-refractivity contribution in [1.29, 1.82) is 0 Å². The van der Waals surface area contributed by atoms with Crippen LogP contribution in [-0.2, 0) is 18.0 Å². The van der Waals surface area contributed by atoms with E-state index >= 15 is 4.39 Å². The van der Waals surface area contributed by atoms with E-state index in [0.717, 1.165) is 13.1 Å². The van der Waals surface area contributed by atoms with Crippen LogP contribution in [0, 0.1) is 5.82 Å². The van der Waals surface area contributed by atoms with Gasteiger partial charge >= 0.3 is 6.18 Å². The Balaban J connectivity index is 2.31. The molecule has 3 rings (SSSR count). The number of anilines is 1. The van der Waals surface area contributed by atoms with Crippen LogP contribution in [0.15, 0.2) is 11.1 Å². The molecule has 0 fully saturated rings. The van der Waals surface area contributed by atoms with E-state index in [1.165, 1.54) is 6.21 Å². The lowest BCUT2D eigenvalue weighted by Gasteiger charge is -2.22. The van der Waals surface area contributed by atoms with Gasteiger partial charge in [0.1, 0.15) is 23.8 Å². The highest BCUT2D eigenvalue weighted by molar-refractivity contribution is 9.10. The van der Waals surface area contributed by atoms with Crippen molar-refractivity contribution in [3.63, 3.8) is 0 Å². The molecule has 0 radical (unpaired) electrons. The highest BCUT2D eigenvalue weighted by Gasteiger charge is 2.40. The summed E-state index contributed by atoms with van der Waals surface area (Å²) in [5.74, 6) is -1.53. The molecular weight excluding hydrogens is 484 g/mol. The maximum atomic E-state index is 15.0. The molecule has 1 aromatic heterocycles. The fourth-order valence-electron chi connectivity index (χ4n) is 2.69. The Morgan fingerprint density at radius 3 is 2.59 bits per heavy atom. The summed E-state index contributed by atoms with van der Waals surface area (Å²) in [6.07, 6.45) is -3.44. The quantitative estimate of drug-likeness (QED) is 0.474. The maximum absolute atomic E-state index is 15.0. The first-order chi connectivity index (χ1) is 13.3. The van der Waals surface area contributed by atoms with Crippen LogP contribution in [0.2, 0.25) is 5.02 Å². The average molecular weight is 498 g/mol. The van der Waals surface area contributed by atoms with Crippen molar-refractivity contribution in [3.8, 4) is 17.0 Å². The van der Waals surface area contributed by atoms with Gasteiger partial charge in [-0.05, 0) is 13.8 Å². The first kappa shape index (κ1) is 21.6. The van der Waals surface area contributed by atoms with Gasteiger partial charge in [0.05, 0.1) is 20.6 Å². The van der Waals surface area contributed by atoms with Crippen LogP contribution in [0.1, 0.15) is 19.5 Å². The molecule has 1 aliphatic heterocycles. The fourth-order valence-corrected chi connectivity index (χ4v) is 3.15. The molecule has 1 N–H and O–H groups in total. The van der Waals surface area contributed by atoms with Gasteiger partial charge in [-0.3, -0.25) is 14.5 Å². The summed E-state index contributed by atoms with van der Waals surface area (Å²) in [4.78, 5) is 16.6. The van der Waals surface area contributed by atoms with E-state index in [9.17, 15) is 18.0 Å². The summed E-state index contributed by atoms with van der Waals surface area (Å²) in [5, 5.41) is 5.46. The third kappa shape index (κ3) is 3.97. The molecule has 6 nitrogen and oxygen atoms in total. The Bertz CT molecular complexity index is 1030. The molecule has 2 heterocycles. The Hall–Kier alpha value is -2.14. The average Bonchev–Trinajstić information content (AvgIpc) is 2.88. The van der Waals surface area contributed by atoms with Gasteiger partial charge in [-0.2, -0.15) is 18.3 Å². The topological polar surface area (TPSA) is 68.5 Å². The van der Waals surface area contributed by atoms with Gasteiger partial charge < -0.3 is 10.1 Å². The number of hydrogen-bond acceptors (Lipinski definition) is 4. The number of fused-ring (bicyclic) bond motifs is 1. The number of carbonyl (C=O) groups is 1. The van der Waals surface area contributed by atoms with E-state index < -0.39 is 44.2 Å². The van der Waals surface area contributed by atoms with Crippen LogP contribution in [0.25, 0.3) is 11.3 Å². The molecule has 29 heavy (non-hydrogen) atoms. The normalized spacial score (nSPS) is 13.8. The fraction of sp³-hybridized carbons (Fsp3) is 0.353. The van der Waals surface area contributed by atoms with Crippen molar-refractivity contribution < 1.29 is 27.1 Å². The van der Waals surface area contributed by atoms with E-state index in [1.54, 1.807) is 13.8 Å². The smallest absolute Gasteiger partial charge is 0.434 e. The van der Waals surface area contributed by atoms with E-state index in [4.69, 9.17) is 16.3 Å². The van der Waals surface area contributed by atoms with E-state index in [0.29, 0.717) is 4.68 Å². The number of aromatic nitrogens is 2. The molecule has 0 bridgehead atoms. The molecule has 0 atom stereocenters. The number of nitrogens with zero attached hydrogens (tertiary/aromatic N) is 3. The van der Waals surface area contributed by atoms with Gasteiger partial charge in [0.2, 0.25) is 5.91 Å². The monoisotopic (exact) mass is 496 g/mol. The zero-order valence-electron chi connectivity index (χ0n) is 15.3. The van der Waals surface area contributed by atoms with Crippen LogP contribution >= 0.6 is 27.5 Å². The second kappa shape index (κ2) is 7.28. The summed E-state index contributed by atoms with van der Waals surface area (Å²) in [6.45, 7) is 3.16. The molecule has 0 saturated carbocycles. The summed E-state index contributed by atoms with van der Waals surface area (Å²) in [5.41, 5.74) is -2.29. The number of halogens is 6. The second-order valence-corrected chi connectivity index (χ2v) is 9.00. The number of amides is 1. The largest absolute Gasteiger partial charge is 0.485 e. The molecule has 0 unspecified atom stereocenters. The Morgan fingerprint density at radius 1 is 1.38 bits per heavy atom. The van der Waals surface area contributed by atoms with E-state index in [2.05, 4.69) is 31.3 Å². The molecule has 0 aliphatic carbocycles. The number of rotatable bonds is 3. The van der Waals surface area contributed by atoms with Crippen LogP contribution < -0.4 is 10.1 Å². The van der Waals surface area contributed by atoms with Gasteiger partial charge in [-0.25, -0.2) is 4.39 Å². The Labute approximate surface area is 176 Å². The molecule has 12 heteroatoms. The Kier molecular flexibility index (Phi) is 5.41. The third-order valence-corrected chi connectivity index (χ3v) is 4.74. The van der Waals surface area contributed by atoms with Crippen LogP contribution in [-0.4, -0.2) is 32.8 Å². The minimum absolute atomic E-state index is 0.0273. The van der Waals surface area contributed by atoms with Gasteiger partial charge in [0.25, 0.3) is 0 Å². The SMILES string of the molecule is Cn1nc(-c2c(F)cc3c(c2NC(=O)C(C)(C)Br)N=CCO3)c(Cl)c1C(F)(F)F. The van der Waals surface area contributed by atoms with Crippen molar-refractivity contribution in [1.82, 2.24) is 9.78 Å². The zero-order chi connectivity index (χ0) is 21.7. The summed E-state index contributed by atoms with van der Waals surface area (Å²) in [7, 11) is 1.04. The van der Waals surface area contributed by atoms with Crippen molar-refractivity contribution >= 4 is 51.0 Å². The standard InChI is InChI=1S/C17H14BrClF4N4O2/c1-16(2,18)15(28)25-13-9(7(20)6-8-11(13)24-4-5-29-8)12-10(19)14(17(21,22)23)27(3)26-12/h4,6H,5H2,1-3H3,(H,25,28). The lowest BCUT2D eigenvalue weighted by molar-refractivity contribution is -0.143. The number of nitrogens with one attached hydrogen (secondary N) is 1. The van der Waals surface area contributed by atoms with E-state index in [1.807, 2.05) is 0 Å². The van der Waals surface area contributed by atoms with Gasteiger partial charge in [0.15, 0.2) is 11.4 Å². The molecule has 1 amide bonds. The van der Waals surface area contributed by atoms with Gasteiger partial charge in [0, 0.05) is 19.3 Å². The summed E-state index contributed by atoms with van der Waals surface area (Å²) >= 11 is 9.12. The Morgan fingerprint density at radius 2 is 2.03 bits per heavy atom. The first-order valence-electron chi connectivity index (χ1n) is 8.14. The van der Waals surface area contributed by atoms with Crippen molar-refractivity contribution in [3.05, 3.63) is 22.6 Å². The lowest BCUT2D eigenvalue weighted by Crippen LogP contribution is -2.31. The van der Waals surface area contributed by atoms with Crippen LogP contribution in [0.4, 0.5) is 28.9 Å². The third-order valence-electron chi connectivity index (χ3n) is 4.02. The van der Waals surface area contributed by atoms with E-state index in [-0.39, 0.29) is 23.7 Å². The minimum Gasteiger partial charge on any atom is -0.485 e. The molecular formula is C17H14BrClF4N4O2. The second-order valence-electron chi connectivity index (χ2n) is 6.64. The minimum atomic E-state index is -4.82. The van der Waals surface area contributed by atoms with Crippen LogP contribution in [0.5, 0.6) is 5.75 Å². The molecule has 2 aromatic rings. The molecule has 1 aliphatic rings.